The first-order valence-corrected chi connectivity index (χ1v) is 12.1. The molecule has 0 unspecified atom stereocenters. The molecule has 0 bridgehead atoms. The molecule has 0 N–H and O–H groups in total. The molecule has 0 saturated carbocycles. The molecule has 184 valence electrons. The van der Waals surface area contributed by atoms with Crippen molar-refractivity contribution in [3.05, 3.63) is 92.3 Å². The van der Waals surface area contributed by atoms with E-state index < -0.39 is 17.1 Å². The summed E-state index contributed by atoms with van der Waals surface area (Å²) in [7, 11) is 2.98. The average molecular weight is 544 g/mol. The van der Waals surface area contributed by atoms with Gasteiger partial charge in [0.25, 0.3) is 11.1 Å². The van der Waals surface area contributed by atoms with E-state index in [4.69, 9.17) is 37.4 Å². The van der Waals surface area contributed by atoms with Crippen LogP contribution in [0.25, 0.3) is 6.08 Å². The number of carbonyl (C=O) groups excluding carboxylic acids is 3. The largest absolute Gasteiger partial charge is 0.497 e. The fraction of sp³-hybridized carbons (Fsp3) is 0.115. The van der Waals surface area contributed by atoms with Gasteiger partial charge in [-0.05, 0) is 77.5 Å². The number of imide groups is 1. The maximum Gasteiger partial charge on any atom is 0.343 e. The molecule has 4 rings (SSSR count). The first kappa shape index (κ1) is 25.6. The molecular formula is C26H19Cl2NO6S. The zero-order chi connectivity index (χ0) is 25.8. The van der Waals surface area contributed by atoms with Crippen molar-refractivity contribution in [2.24, 2.45) is 0 Å². The Morgan fingerprint density at radius 3 is 2.33 bits per heavy atom. The van der Waals surface area contributed by atoms with Gasteiger partial charge in [-0.25, -0.2) is 4.79 Å². The third kappa shape index (κ3) is 5.67. The van der Waals surface area contributed by atoms with Crippen LogP contribution in [0.4, 0.5) is 4.79 Å². The Hall–Kier alpha value is -3.46. The van der Waals surface area contributed by atoms with Gasteiger partial charge in [-0.15, -0.1) is 0 Å². The molecule has 7 nitrogen and oxygen atoms in total. The number of thioether (sulfide) groups is 1. The molecular weight excluding hydrogens is 525 g/mol. The van der Waals surface area contributed by atoms with Crippen molar-refractivity contribution in [2.75, 3.05) is 14.2 Å². The molecule has 1 aliphatic rings. The molecule has 1 fully saturated rings. The van der Waals surface area contributed by atoms with Crippen molar-refractivity contribution < 1.29 is 28.6 Å². The van der Waals surface area contributed by atoms with Crippen molar-refractivity contribution in [1.82, 2.24) is 4.90 Å². The van der Waals surface area contributed by atoms with E-state index in [-0.39, 0.29) is 17.2 Å². The van der Waals surface area contributed by atoms with Crippen LogP contribution in [0.2, 0.25) is 10.0 Å². The molecule has 2 amide bonds. The molecule has 0 atom stereocenters. The molecule has 1 saturated heterocycles. The van der Waals surface area contributed by atoms with Gasteiger partial charge in [0.05, 0.1) is 41.3 Å². The van der Waals surface area contributed by atoms with Crippen molar-refractivity contribution in [3.63, 3.8) is 0 Å². The Labute approximate surface area is 221 Å². The number of carbonyl (C=O) groups is 3. The average Bonchev–Trinajstić information content (AvgIpc) is 3.14. The highest BCUT2D eigenvalue weighted by Crippen LogP contribution is 2.36. The normalized spacial score (nSPS) is 14.3. The number of halogens is 2. The van der Waals surface area contributed by atoms with E-state index in [1.807, 2.05) is 0 Å². The lowest BCUT2D eigenvalue weighted by atomic mass is 10.1. The summed E-state index contributed by atoms with van der Waals surface area (Å²) in [5, 5.41) is 0.340. The van der Waals surface area contributed by atoms with Crippen LogP contribution in [0, 0.1) is 0 Å². The summed E-state index contributed by atoms with van der Waals surface area (Å²) in [5.41, 5.74) is 1.62. The van der Waals surface area contributed by atoms with Crippen LogP contribution in [0.3, 0.4) is 0 Å². The zero-order valence-electron chi connectivity index (χ0n) is 19.1. The monoisotopic (exact) mass is 543 g/mol. The van der Waals surface area contributed by atoms with Gasteiger partial charge in [0, 0.05) is 0 Å². The minimum atomic E-state index is -0.563. The predicted molar refractivity (Wildman–Crippen MR) is 139 cm³/mol. The van der Waals surface area contributed by atoms with Crippen molar-refractivity contribution in [1.29, 1.82) is 0 Å². The van der Waals surface area contributed by atoms with Crippen molar-refractivity contribution >= 4 is 58.2 Å². The number of ether oxygens (including phenoxy) is 3. The van der Waals surface area contributed by atoms with Gasteiger partial charge in [-0.1, -0.05) is 35.3 Å². The predicted octanol–water partition coefficient (Wildman–Crippen LogP) is 6.47. The second-order valence-electron chi connectivity index (χ2n) is 7.54. The third-order valence-corrected chi connectivity index (χ3v) is 6.86. The van der Waals surface area contributed by atoms with Crippen LogP contribution in [0.5, 0.6) is 17.2 Å². The number of esters is 1. The van der Waals surface area contributed by atoms with Crippen molar-refractivity contribution in [3.8, 4) is 17.2 Å². The van der Waals surface area contributed by atoms with Crippen LogP contribution < -0.4 is 14.2 Å². The highest BCUT2D eigenvalue weighted by Gasteiger charge is 2.35. The van der Waals surface area contributed by atoms with E-state index in [9.17, 15) is 14.4 Å². The molecule has 0 aromatic heterocycles. The van der Waals surface area contributed by atoms with E-state index in [0.29, 0.717) is 38.2 Å². The van der Waals surface area contributed by atoms with Gasteiger partial charge in [0.15, 0.2) is 11.5 Å². The summed E-state index contributed by atoms with van der Waals surface area (Å²) >= 11 is 12.8. The fourth-order valence-corrected chi connectivity index (χ4v) is 4.51. The molecule has 1 aliphatic heterocycles. The Morgan fingerprint density at radius 2 is 1.67 bits per heavy atom. The number of methoxy groups -OCH3 is 2. The highest BCUT2D eigenvalue weighted by atomic mass is 35.5. The molecule has 3 aromatic carbocycles. The summed E-state index contributed by atoms with van der Waals surface area (Å²) in [6.45, 7) is 0.0719. The summed E-state index contributed by atoms with van der Waals surface area (Å²) in [5.74, 6) is 0.135. The van der Waals surface area contributed by atoms with Gasteiger partial charge in [0.2, 0.25) is 0 Å². The number of rotatable bonds is 7. The van der Waals surface area contributed by atoms with Crippen LogP contribution >= 0.6 is 35.0 Å². The van der Waals surface area contributed by atoms with Crippen LogP contribution in [0.15, 0.2) is 65.6 Å². The SMILES string of the molecule is COc1ccc(C(=O)Oc2ccc(/C=C3\SC(=O)N(Cc4ccc(Cl)c(Cl)c4)C3=O)cc2OC)cc1. The molecule has 36 heavy (non-hydrogen) atoms. The lowest BCUT2D eigenvalue weighted by Gasteiger charge is -2.13. The minimum absolute atomic E-state index is 0.0719. The number of hydrogen-bond acceptors (Lipinski definition) is 7. The van der Waals surface area contributed by atoms with Gasteiger partial charge in [0.1, 0.15) is 5.75 Å². The Bertz CT molecular complexity index is 1370. The maximum atomic E-state index is 12.9. The number of nitrogens with zero attached hydrogens (tertiary/aromatic N) is 1. The van der Waals surface area contributed by atoms with Crippen LogP contribution in [-0.4, -0.2) is 36.2 Å². The standard InChI is InChI=1S/C26H19Cl2NO6S/c1-33-18-7-5-17(6-8-18)25(31)35-21-10-4-15(12-22(21)34-2)13-23-24(30)29(26(32)36-23)14-16-3-9-19(27)20(28)11-16/h3-13H,14H2,1-2H3/b23-13-. The lowest BCUT2D eigenvalue weighted by molar-refractivity contribution is -0.123. The van der Waals surface area contributed by atoms with Crippen LogP contribution in [-0.2, 0) is 11.3 Å². The Kier molecular flexibility index (Phi) is 7.88. The second-order valence-corrected chi connectivity index (χ2v) is 9.35. The lowest BCUT2D eigenvalue weighted by Crippen LogP contribution is -2.27. The van der Waals surface area contributed by atoms with Gasteiger partial charge in [-0.3, -0.25) is 14.5 Å². The van der Waals surface area contributed by atoms with Crippen LogP contribution in [0.1, 0.15) is 21.5 Å². The molecule has 0 aliphatic carbocycles. The summed E-state index contributed by atoms with van der Waals surface area (Å²) in [6, 6.07) is 16.3. The third-order valence-electron chi connectivity index (χ3n) is 5.21. The number of benzene rings is 3. The zero-order valence-corrected chi connectivity index (χ0v) is 21.4. The maximum absolute atomic E-state index is 12.9. The molecule has 10 heteroatoms. The molecule has 1 heterocycles. The Morgan fingerprint density at radius 1 is 0.917 bits per heavy atom. The first-order chi connectivity index (χ1) is 17.3. The van der Waals surface area contributed by atoms with E-state index in [2.05, 4.69) is 0 Å². The topological polar surface area (TPSA) is 82.1 Å². The smallest absolute Gasteiger partial charge is 0.343 e. The Balaban J connectivity index is 1.50. The molecule has 0 spiro atoms. The number of hydrogen-bond donors (Lipinski definition) is 0. The summed E-state index contributed by atoms with van der Waals surface area (Å²) in [4.78, 5) is 39.3. The molecule has 3 aromatic rings. The van der Waals surface area contributed by atoms with Gasteiger partial charge in [-0.2, -0.15) is 0 Å². The summed E-state index contributed by atoms with van der Waals surface area (Å²) in [6.07, 6.45) is 1.58. The van der Waals surface area contributed by atoms with Gasteiger partial charge < -0.3 is 14.2 Å². The van der Waals surface area contributed by atoms with Crippen molar-refractivity contribution in [2.45, 2.75) is 6.54 Å². The van der Waals surface area contributed by atoms with E-state index in [0.717, 1.165) is 16.7 Å². The first-order valence-electron chi connectivity index (χ1n) is 10.5. The summed E-state index contributed by atoms with van der Waals surface area (Å²) < 4.78 is 15.9. The minimum Gasteiger partial charge on any atom is -0.497 e. The number of amides is 2. The molecule has 0 radical (unpaired) electrons. The van der Waals surface area contributed by atoms with E-state index >= 15 is 0 Å². The van der Waals surface area contributed by atoms with E-state index in [1.165, 1.54) is 14.2 Å². The highest BCUT2D eigenvalue weighted by molar-refractivity contribution is 8.18. The quantitative estimate of drug-likeness (QED) is 0.192. The fourth-order valence-electron chi connectivity index (χ4n) is 3.35. The van der Waals surface area contributed by atoms with Gasteiger partial charge >= 0.3 is 5.97 Å². The second kappa shape index (κ2) is 11.1. The van der Waals surface area contributed by atoms with E-state index in [1.54, 1.807) is 66.7 Å².